The predicted octanol–water partition coefficient (Wildman–Crippen LogP) is 4.33. The lowest BCUT2D eigenvalue weighted by Crippen LogP contribution is -2.50. The van der Waals surface area contributed by atoms with Crippen LogP contribution in [0.3, 0.4) is 0 Å². The summed E-state index contributed by atoms with van der Waals surface area (Å²) in [6.45, 7) is 4.76. The van der Waals surface area contributed by atoms with Crippen LogP contribution >= 0.6 is 11.8 Å². The minimum Gasteiger partial charge on any atom is -0.452 e. The van der Waals surface area contributed by atoms with Crippen molar-refractivity contribution in [3.05, 3.63) is 65.5 Å². The summed E-state index contributed by atoms with van der Waals surface area (Å²) in [6, 6.07) is 15.3. The highest BCUT2D eigenvalue weighted by Crippen LogP contribution is 2.27. The van der Waals surface area contributed by atoms with Crippen molar-refractivity contribution in [2.45, 2.75) is 37.0 Å². The van der Waals surface area contributed by atoms with Gasteiger partial charge >= 0.3 is 5.97 Å². The van der Waals surface area contributed by atoms with Crippen LogP contribution < -0.4 is 5.32 Å². The van der Waals surface area contributed by atoms with Gasteiger partial charge in [0.1, 0.15) is 11.4 Å². The zero-order valence-corrected chi connectivity index (χ0v) is 17.4. The Morgan fingerprint density at radius 2 is 1.86 bits per heavy atom. The van der Waals surface area contributed by atoms with E-state index in [0.29, 0.717) is 21.8 Å². The van der Waals surface area contributed by atoms with E-state index in [9.17, 15) is 19.2 Å². The van der Waals surface area contributed by atoms with E-state index in [-0.39, 0.29) is 11.7 Å². The van der Waals surface area contributed by atoms with Gasteiger partial charge in [-0.25, -0.2) is 9.18 Å². The SMILES string of the molecule is CC(C)[C@@](C)(C#N)NC(=O)COC(=O)c1ccccc1SCc1ccccc1F. The molecule has 0 saturated heterocycles. The van der Waals surface area contributed by atoms with E-state index in [1.165, 1.54) is 17.8 Å². The van der Waals surface area contributed by atoms with Crippen LogP contribution in [-0.4, -0.2) is 24.0 Å². The molecule has 1 amide bonds. The molecule has 0 bridgehead atoms. The van der Waals surface area contributed by atoms with Gasteiger partial charge in [-0.05, 0) is 36.6 Å². The van der Waals surface area contributed by atoms with Crippen molar-refractivity contribution in [2.75, 3.05) is 6.61 Å². The molecule has 2 rings (SSSR count). The minimum absolute atomic E-state index is 0.109. The van der Waals surface area contributed by atoms with Crippen molar-refractivity contribution in [1.29, 1.82) is 5.26 Å². The number of ether oxygens (including phenoxy) is 1. The van der Waals surface area contributed by atoms with Gasteiger partial charge in [0.15, 0.2) is 6.61 Å². The van der Waals surface area contributed by atoms with E-state index in [0.717, 1.165) is 0 Å². The lowest BCUT2D eigenvalue weighted by molar-refractivity contribution is -0.125. The molecule has 2 aromatic carbocycles. The Labute approximate surface area is 174 Å². The number of nitrogens with zero attached hydrogens (tertiary/aromatic N) is 1. The Hall–Kier alpha value is -2.85. The molecule has 5 nitrogen and oxygen atoms in total. The molecule has 0 aliphatic heterocycles. The molecule has 0 aliphatic carbocycles. The second-order valence-corrected chi connectivity index (χ2v) is 7.99. The topological polar surface area (TPSA) is 79.2 Å². The van der Waals surface area contributed by atoms with Gasteiger partial charge in [0.25, 0.3) is 5.91 Å². The van der Waals surface area contributed by atoms with Gasteiger partial charge in [-0.3, -0.25) is 4.79 Å². The van der Waals surface area contributed by atoms with Crippen LogP contribution in [0.15, 0.2) is 53.4 Å². The fourth-order valence-electron chi connectivity index (χ4n) is 2.37. The van der Waals surface area contributed by atoms with Crippen molar-refractivity contribution in [3.8, 4) is 6.07 Å². The standard InChI is InChI=1S/C22H23FN2O3S/c1-15(2)22(3,14-24)25-20(26)12-28-21(27)17-9-5-7-11-19(17)29-13-16-8-4-6-10-18(16)23/h4-11,15H,12-13H2,1-3H3,(H,25,26)/t22-/m1/s1. The Morgan fingerprint density at radius 1 is 1.21 bits per heavy atom. The summed E-state index contributed by atoms with van der Waals surface area (Å²) in [7, 11) is 0. The number of carbonyl (C=O) groups is 2. The first kappa shape index (κ1) is 22.4. The largest absolute Gasteiger partial charge is 0.452 e. The van der Waals surface area contributed by atoms with Crippen LogP contribution in [0.5, 0.6) is 0 Å². The predicted molar refractivity (Wildman–Crippen MR) is 110 cm³/mol. The number of amides is 1. The molecule has 0 heterocycles. The number of nitrogens with one attached hydrogen (secondary N) is 1. The minimum atomic E-state index is -1.04. The maximum atomic E-state index is 13.8. The Kier molecular flexibility index (Phi) is 7.80. The number of thioether (sulfide) groups is 1. The third-order valence-corrected chi connectivity index (χ3v) is 5.69. The van der Waals surface area contributed by atoms with E-state index >= 15 is 0 Å². The van der Waals surface area contributed by atoms with E-state index in [1.807, 2.05) is 13.8 Å². The quantitative estimate of drug-likeness (QED) is 0.514. The summed E-state index contributed by atoms with van der Waals surface area (Å²) in [5, 5.41) is 11.9. The van der Waals surface area contributed by atoms with Crippen LogP contribution in [0.25, 0.3) is 0 Å². The maximum absolute atomic E-state index is 13.8. The number of hydrogen-bond acceptors (Lipinski definition) is 5. The Morgan fingerprint density at radius 3 is 2.52 bits per heavy atom. The first-order chi connectivity index (χ1) is 13.8. The van der Waals surface area contributed by atoms with Crippen LogP contribution in [-0.2, 0) is 15.3 Å². The first-order valence-corrected chi connectivity index (χ1v) is 10.1. The number of benzene rings is 2. The van der Waals surface area contributed by atoms with Crippen molar-refractivity contribution in [1.82, 2.24) is 5.32 Å². The summed E-state index contributed by atoms with van der Waals surface area (Å²) in [4.78, 5) is 25.2. The average Bonchev–Trinajstić information content (AvgIpc) is 2.71. The highest BCUT2D eigenvalue weighted by atomic mass is 32.2. The van der Waals surface area contributed by atoms with Crippen molar-refractivity contribution >= 4 is 23.6 Å². The number of rotatable bonds is 8. The Bertz CT molecular complexity index is 926. The summed E-state index contributed by atoms with van der Waals surface area (Å²) in [5.74, 6) is -1.26. The van der Waals surface area contributed by atoms with Crippen LogP contribution in [0, 0.1) is 23.1 Å². The van der Waals surface area contributed by atoms with E-state index in [4.69, 9.17) is 4.74 Å². The maximum Gasteiger partial charge on any atom is 0.339 e. The molecule has 1 N–H and O–H groups in total. The lowest BCUT2D eigenvalue weighted by atomic mass is 9.90. The highest BCUT2D eigenvalue weighted by Gasteiger charge is 2.30. The molecule has 152 valence electrons. The van der Waals surface area contributed by atoms with Gasteiger partial charge < -0.3 is 10.1 Å². The molecule has 0 radical (unpaired) electrons. The normalized spacial score (nSPS) is 12.7. The zero-order chi connectivity index (χ0) is 21.4. The van der Waals surface area contributed by atoms with Gasteiger partial charge in [0.05, 0.1) is 11.6 Å². The molecule has 2 aromatic rings. The lowest BCUT2D eigenvalue weighted by Gasteiger charge is -2.27. The second-order valence-electron chi connectivity index (χ2n) is 6.97. The van der Waals surface area contributed by atoms with Crippen LogP contribution in [0.4, 0.5) is 4.39 Å². The molecule has 1 atom stereocenters. The molecule has 0 unspecified atom stereocenters. The van der Waals surface area contributed by atoms with Gasteiger partial charge in [0, 0.05) is 10.6 Å². The van der Waals surface area contributed by atoms with Crippen LogP contribution in [0.1, 0.15) is 36.7 Å². The van der Waals surface area contributed by atoms with Crippen LogP contribution in [0.2, 0.25) is 0 Å². The number of halogens is 1. The molecular formula is C22H23FN2O3S. The first-order valence-electron chi connectivity index (χ1n) is 9.11. The Balaban J connectivity index is 2.00. The molecule has 7 heteroatoms. The third-order valence-electron chi connectivity index (χ3n) is 4.57. The highest BCUT2D eigenvalue weighted by molar-refractivity contribution is 7.98. The third kappa shape index (κ3) is 6.06. The fraction of sp³-hybridized carbons (Fsp3) is 0.318. The van der Waals surface area contributed by atoms with Crippen molar-refractivity contribution in [2.24, 2.45) is 5.92 Å². The number of nitriles is 1. The molecule has 0 spiro atoms. The molecule has 0 saturated carbocycles. The molecule has 0 aliphatic rings. The monoisotopic (exact) mass is 414 g/mol. The fourth-order valence-corrected chi connectivity index (χ4v) is 3.39. The molecular weight excluding hydrogens is 391 g/mol. The smallest absolute Gasteiger partial charge is 0.339 e. The second kappa shape index (κ2) is 10.1. The molecule has 0 aromatic heterocycles. The number of esters is 1. The average molecular weight is 415 g/mol. The van der Waals surface area contributed by atoms with E-state index < -0.39 is 24.0 Å². The van der Waals surface area contributed by atoms with Gasteiger partial charge in [-0.1, -0.05) is 44.2 Å². The van der Waals surface area contributed by atoms with Crippen molar-refractivity contribution in [3.63, 3.8) is 0 Å². The summed E-state index contributed by atoms with van der Waals surface area (Å²) in [6.07, 6.45) is 0. The zero-order valence-electron chi connectivity index (χ0n) is 16.6. The van der Waals surface area contributed by atoms with Gasteiger partial charge in [-0.15, -0.1) is 11.8 Å². The van der Waals surface area contributed by atoms with E-state index in [2.05, 4.69) is 11.4 Å². The van der Waals surface area contributed by atoms with Gasteiger partial charge in [0.2, 0.25) is 0 Å². The number of hydrogen-bond donors (Lipinski definition) is 1. The summed E-state index contributed by atoms with van der Waals surface area (Å²) in [5.41, 5.74) is -0.213. The van der Waals surface area contributed by atoms with E-state index in [1.54, 1.807) is 49.4 Å². The molecule has 29 heavy (non-hydrogen) atoms. The van der Waals surface area contributed by atoms with Gasteiger partial charge in [-0.2, -0.15) is 5.26 Å². The summed E-state index contributed by atoms with van der Waals surface area (Å²) < 4.78 is 18.9. The van der Waals surface area contributed by atoms with Crippen molar-refractivity contribution < 1.29 is 18.7 Å². The molecule has 0 fully saturated rings. The number of carbonyl (C=O) groups excluding carboxylic acids is 2. The summed E-state index contributed by atoms with van der Waals surface area (Å²) >= 11 is 1.31.